The molecule has 0 aliphatic carbocycles. The van der Waals surface area contributed by atoms with Gasteiger partial charge in [0.25, 0.3) is 11.8 Å². The summed E-state index contributed by atoms with van der Waals surface area (Å²) in [6.07, 6.45) is 1.34. The lowest BCUT2D eigenvalue weighted by Gasteiger charge is -2.26. The molecule has 144 valence electrons. The van der Waals surface area contributed by atoms with Crippen LogP contribution in [0.25, 0.3) is 6.08 Å². The van der Waals surface area contributed by atoms with E-state index in [0.717, 1.165) is 4.90 Å². The summed E-state index contributed by atoms with van der Waals surface area (Å²) < 4.78 is 10.4. The number of anilines is 1. The molecule has 2 N–H and O–H groups in total. The minimum atomic E-state index is -0.835. The number of nitrogens with zero attached hydrogens (tertiary/aromatic N) is 1. The Balaban J connectivity index is 1.97. The highest BCUT2D eigenvalue weighted by atomic mass is 16.5. The minimum absolute atomic E-state index is 0.0570. The number of urea groups is 1. The van der Waals surface area contributed by atoms with E-state index in [4.69, 9.17) is 9.47 Å². The van der Waals surface area contributed by atoms with Gasteiger partial charge in [0.2, 0.25) is 0 Å². The van der Waals surface area contributed by atoms with Gasteiger partial charge in [0.15, 0.2) is 11.5 Å². The number of hydrogen-bond donors (Lipinski definition) is 2. The van der Waals surface area contributed by atoms with Crippen LogP contribution in [0.2, 0.25) is 0 Å². The number of barbiturate groups is 1. The van der Waals surface area contributed by atoms with E-state index in [1.165, 1.54) is 43.5 Å². The number of rotatable bonds is 5. The average Bonchev–Trinajstić information content (AvgIpc) is 2.68. The van der Waals surface area contributed by atoms with E-state index in [9.17, 15) is 19.5 Å². The molecule has 0 saturated carbocycles. The third kappa shape index (κ3) is 3.66. The second-order valence-corrected chi connectivity index (χ2v) is 5.82. The molecule has 3 rings (SSSR count). The normalized spacial score (nSPS) is 15.6. The van der Waals surface area contributed by atoms with E-state index >= 15 is 0 Å². The van der Waals surface area contributed by atoms with Crippen molar-refractivity contribution in [3.63, 3.8) is 0 Å². The smallest absolute Gasteiger partial charge is 0.335 e. The largest absolute Gasteiger partial charge is 0.504 e. The zero-order chi connectivity index (χ0) is 20.3. The Morgan fingerprint density at radius 1 is 1.11 bits per heavy atom. The molecule has 0 spiro atoms. The van der Waals surface area contributed by atoms with Crippen molar-refractivity contribution in [1.82, 2.24) is 5.32 Å². The molecule has 2 aromatic rings. The highest BCUT2D eigenvalue weighted by Crippen LogP contribution is 2.29. The number of imide groups is 2. The first-order valence-corrected chi connectivity index (χ1v) is 8.46. The van der Waals surface area contributed by atoms with Gasteiger partial charge in [0.1, 0.15) is 11.3 Å². The van der Waals surface area contributed by atoms with Crippen LogP contribution in [0, 0.1) is 0 Å². The second-order valence-electron chi connectivity index (χ2n) is 5.82. The van der Waals surface area contributed by atoms with Crippen molar-refractivity contribution in [2.45, 2.75) is 6.92 Å². The molecule has 4 amide bonds. The van der Waals surface area contributed by atoms with Crippen LogP contribution in [0.15, 0.2) is 48.0 Å². The van der Waals surface area contributed by atoms with Gasteiger partial charge in [-0.1, -0.05) is 6.07 Å². The second kappa shape index (κ2) is 7.83. The molecule has 8 nitrogen and oxygen atoms in total. The van der Waals surface area contributed by atoms with Crippen molar-refractivity contribution in [2.75, 3.05) is 18.6 Å². The number of phenols is 1. The van der Waals surface area contributed by atoms with E-state index in [1.807, 2.05) is 0 Å². The van der Waals surface area contributed by atoms with E-state index in [1.54, 1.807) is 19.1 Å². The quantitative estimate of drug-likeness (QED) is 0.608. The standard InChI is InChI=1S/C20H18N2O6/c1-3-28-17-11-12(4-9-16(17)23)10-15-18(24)21-20(26)22(19(15)25)13-5-7-14(27-2)8-6-13/h4-11,23H,3H2,1-2H3,(H,21,24,26)/b15-10-. The van der Waals surface area contributed by atoms with Crippen molar-refractivity contribution in [1.29, 1.82) is 0 Å². The summed E-state index contributed by atoms with van der Waals surface area (Å²) >= 11 is 0. The number of methoxy groups -OCH3 is 1. The van der Waals surface area contributed by atoms with Crippen molar-refractivity contribution in [2.24, 2.45) is 0 Å². The van der Waals surface area contributed by atoms with Crippen molar-refractivity contribution in [3.8, 4) is 17.2 Å². The Kier molecular flexibility index (Phi) is 5.30. The number of benzene rings is 2. The monoisotopic (exact) mass is 382 g/mol. The van der Waals surface area contributed by atoms with E-state index in [-0.39, 0.29) is 17.1 Å². The third-order valence-electron chi connectivity index (χ3n) is 4.03. The van der Waals surface area contributed by atoms with Crippen molar-refractivity contribution < 1.29 is 29.0 Å². The van der Waals surface area contributed by atoms with Crippen LogP contribution in [0.5, 0.6) is 17.2 Å². The Morgan fingerprint density at radius 2 is 1.82 bits per heavy atom. The van der Waals surface area contributed by atoms with E-state index in [0.29, 0.717) is 23.6 Å². The number of nitrogens with one attached hydrogen (secondary N) is 1. The Morgan fingerprint density at radius 3 is 2.46 bits per heavy atom. The van der Waals surface area contributed by atoms with Gasteiger partial charge >= 0.3 is 6.03 Å². The summed E-state index contributed by atoms with van der Waals surface area (Å²) in [5.41, 5.74) is 0.537. The van der Waals surface area contributed by atoms with Gasteiger partial charge in [-0.25, -0.2) is 9.69 Å². The van der Waals surface area contributed by atoms with Crippen LogP contribution in [0.1, 0.15) is 12.5 Å². The number of amides is 4. The van der Waals surface area contributed by atoms with Gasteiger partial charge in [0, 0.05) is 0 Å². The number of carbonyl (C=O) groups excluding carboxylic acids is 3. The zero-order valence-corrected chi connectivity index (χ0v) is 15.3. The fourth-order valence-corrected chi connectivity index (χ4v) is 2.68. The molecule has 2 aromatic carbocycles. The molecule has 1 heterocycles. The molecule has 1 fully saturated rings. The summed E-state index contributed by atoms with van der Waals surface area (Å²) in [5, 5.41) is 11.9. The minimum Gasteiger partial charge on any atom is -0.504 e. The zero-order valence-electron chi connectivity index (χ0n) is 15.3. The van der Waals surface area contributed by atoms with Gasteiger partial charge in [0.05, 0.1) is 19.4 Å². The number of aromatic hydroxyl groups is 1. The van der Waals surface area contributed by atoms with E-state index < -0.39 is 17.8 Å². The Bertz CT molecular complexity index is 965. The highest BCUT2D eigenvalue weighted by molar-refractivity contribution is 6.39. The van der Waals surface area contributed by atoms with Crippen LogP contribution in [-0.4, -0.2) is 36.7 Å². The molecule has 8 heteroatoms. The summed E-state index contributed by atoms with van der Waals surface area (Å²) in [7, 11) is 1.50. The van der Waals surface area contributed by atoms with Crippen LogP contribution in [0.3, 0.4) is 0 Å². The number of hydrogen-bond acceptors (Lipinski definition) is 6. The lowest BCUT2D eigenvalue weighted by Crippen LogP contribution is -2.54. The first kappa shape index (κ1) is 19.0. The van der Waals surface area contributed by atoms with Gasteiger partial charge < -0.3 is 14.6 Å². The van der Waals surface area contributed by atoms with Crippen LogP contribution < -0.4 is 19.7 Å². The summed E-state index contributed by atoms with van der Waals surface area (Å²) in [4.78, 5) is 38.2. The Hall–Kier alpha value is -3.81. The Labute approximate surface area is 161 Å². The number of carbonyl (C=O) groups is 3. The SMILES string of the molecule is CCOc1cc(/C=C2/C(=O)NC(=O)N(c3ccc(OC)cc3)C2=O)ccc1O. The first-order chi connectivity index (χ1) is 13.4. The predicted molar refractivity (Wildman–Crippen MR) is 101 cm³/mol. The maximum atomic E-state index is 12.8. The predicted octanol–water partition coefficient (Wildman–Crippen LogP) is 2.47. The molecule has 1 aliphatic heterocycles. The fraction of sp³-hybridized carbons (Fsp3) is 0.150. The molecule has 28 heavy (non-hydrogen) atoms. The molecule has 0 radical (unpaired) electrons. The summed E-state index contributed by atoms with van der Waals surface area (Å²) in [5.74, 6) is -0.828. The molecule has 0 atom stereocenters. The van der Waals surface area contributed by atoms with Crippen molar-refractivity contribution >= 4 is 29.6 Å². The lowest BCUT2D eigenvalue weighted by molar-refractivity contribution is -0.122. The lowest BCUT2D eigenvalue weighted by atomic mass is 10.1. The summed E-state index contributed by atoms with van der Waals surface area (Å²) in [6.45, 7) is 2.10. The van der Waals surface area contributed by atoms with Gasteiger partial charge in [-0.2, -0.15) is 0 Å². The number of ether oxygens (including phenoxy) is 2. The highest BCUT2D eigenvalue weighted by Gasteiger charge is 2.36. The molecular weight excluding hydrogens is 364 g/mol. The molecule has 1 aliphatic rings. The van der Waals surface area contributed by atoms with Gasteiger partial charge in [-0.15, -0.1) is 0 Å². The molecule has 0 bridgehead atoms. The third-order valence-corrected chi connectivity index (χ3v) is 4.03. The molecule has 1 saturated heterocycles. The maximum Gasteiger partial charge on any atom is 0.335 e. The molecular formula is C20H18N2O6. The van der Waals surface area contributed by atoms with Crippen LogP contribution >= 0.6 is 0 Å². The molecule has 0 aromatic heterocycles. The van der Waals surface area contributed by atoms with Gasteiger partial charge in [-0.3, -0.25) is 14.9 Å². The average molecular weight is 382 g/mol. The fourth-order valence-electron chi connectivity index (χ4n) is 2.68. The topological polar surface area (TPSA) is 105 Å². The van der Waals surface area contributed by atoms with E-state index in [2.05, 4.69) is 5.32 Å². The maximum absolute atomic E-state index is 12.8. The van der Waals surface area contributed by atoms with Crippen LogP contribution in [0.4, 0.5) is 10.5 Å². The van der Waals surface area contributed by atoms with Crippen molar-refractivity contribution in [3.05, 3.63) is 53.6 Å². The first-order valence-electron chi connectivity index (χ1n) is 8.46. The molecule has 0 unspecified atom stereocenters. The van der Waals surface area contributed by atoms with Crippen LogP contribution in [-0.2, 0) is 9.59 Å². The summed E-state index contributed by atoms with van der Waals surface area (Å²) in [6, 6.07) is 9.87. The number of phenolic OH excluding ortho intramolecular Hbond substituents is 1. The van der Waals surface area contributed by atoms with Gasteiger partial charge in [-0.05, 0) is 55.0 Å².